The molecule has 0 bridgehead atoms. The fraction of sp³-hybridized carbons (Fsp3) is 0.333. The fourth-order valence-corrected chi connectivity index (χ4v) is 4.13. The maximum Gasteiger partial charge on any atom is 0.322 e. The number of hydrogen-bond donors (Lipinski definition) is 2. The third-order valence-electron chi connectivity index (χ3n) is 6.09. The van der Waals surface area contributed by atoms with E-state index in [4.69, 9.17) is 0 Å². The smallest absolute Gasteiger partial charge is 0.322 e. The highest BCUT2D eigenvalue weighted by atomic mass is 16.2. The summed E-state index contributed by atoms with van der Waals surface area (Å²) in [4.78, 5) is 23.4. The quantitative estimate of drug-likeness (QED) is 0.500. The molecule has 2 aliphatic rings. The van der Waals surface area contributed by atoms with Gasteiger partial charge in [0, 0.05) is 38.1 Å². The lowest BCUT2D eigenvalue weighted by Gasteiger charge is -2.19. The van der Waals surface area contributed by atoms with Gasteiger partial charge in [-0.3, -0.25) is 9.58 Å². The van der Waals surface area contributed by atoms with Crippen molar-refractivity contribution in [3.8, 4) is 11.3 Å². The zero-order valence-electron chi connectivity index (χ0n) is 17.7. The number of aryl methyl sites for hydroxylation is 1. The highest BCUT2D eigenvalue weighted by molar-refractivity contribution is 5.99. The van der Waals surface area contributed by atoms with Gasteiger partial charge in [-0.15, -0.1) is 5.10 Å². The molecule has 0 spiro atoms. The number of pyridine rings is 1. The van der Waals surface area contributed by atoms with E-state index >= 15 is 0 Å². The lowest BCUT2D eigenvalue weighted by atomic mass is 10.1. The molecule has 1 aliphatic heterocycles. The highest BCUT2D eigenvalue weighted by Crippen LogP contribution is 2.41. The summed E-state index contributed by atoms with van der Waals surface area (Å²) in [7, 11) is 3.60. The number of nitrogens with one attached hydrogen (secondary N) is 2. The minimum atomic E-state index is -0.144. The van der Waals surface area contributed by atoms with Crippen molar-refractivity contribution in [2.24, 2.45) is 13.0 Å². The minimum absolute atomic E-state index is 0.129. The average molecular weight is 430 g/mol. The molecule has 4 aromatic rings. The summed E-state index contributed by atoms with van der Waals surface area (Å²) in [6.45, 7) is 0. The highest BCUT2D eigenvalue weighted by Gasteiger charge is 2.34. The summed E-state index contributed by atoms with van der Waals surface area (Å²) >= 11 is 0. The number of aromatic nitrogens is 7. The predicted molar refractivity (Wildman–Crippen MR) is 118 cm³/mol. The number of carbonyl (C=O) groups is 1. The molecule has 1 saturated carbocycles. The Labute approximate surface area is 183 Å². The Balaban J connectivity index is 1.42. The maximum atomic E-state index is 12.9. The van der Waals surface area contributed by atoms with Crippen molar-refractivity contribution in [3.63, 3.8) is 0 Å². The summed E-state index contributed by atoms with van der Waals surface area (Å²) in [5.74, 6) is 1.88. The molecule has 1 atom stereocenters. The Kier molecular flexibility index (Phi) is 4.10. The Morgan fingerprint density at radius 1 is 1.22 bits per heavy atom. The van der Waals surface area contributed by atoms with Crippen molar-refractivity contribution < 1.29 is 4.79 Å². The zero-order valence-corrected chi connectivity index (χ0v) is 17.7. The first-order valence-corrected chi connectivity index (χ1v) is 10.6. The van der Waals surface area contributed by atoms with Crippen molar-refractivity contribution in [2.75, 3.05) is 17.3 Å². The molecule has 0 radical (unpaired) electrons. The number of amides is 2. The van der Waals surface area contributed by atoms with Gasteiger partial charge < -0.3 is 10.6 Å². The fourth-order valence-electron chi connectivity index (χ4n) is 4.13. The van der Waals surface area contributed by atoms with Crippen LogP contribution in [0.15, 0.2) is 36.8 Å². The molecule has 0 unspecified atom stereocenters. The Hall–Kier alpha value is -4.02. The second kappa shape index (κ2) is 7.01. The van der Waals surface area contributed by atoms with E-state index < -0.39 is 0 Å². The molecule has 2 N–H and O–H groups in total. The van der Waals surface area contributed by atoms with Gasteiger partial charge in [0.05, 0.1) is 23.6 Å². The summed E-state index contributed by atoms with van der Waals surface area (Å²) < 4.78 is 3.45. The molecule has 4 aromatic heterocycles. The summed E-state index contributed by atoms with van der Waals surface area (Å²) in [5, 5.41) is 19.2. The van der Waals surface area contributed by atoms with Crippen molar-refractivity contribution in [2.45, 2.75) is 25.3 Å². The molecule has 6 rings (SSSR count). The molecule has 2 amide bonds. The molecule has 32 heavy (non-hydrogen) atoms. The molecule has 1 fully saturated rings. The van der Waals surface area contributed by atoms with Gasteiger partial charge in [-0.2, -0.15) is 5.10 Å². The van der Waals surface area contributed by atoms with Crippen LogP contribution in [0.2, 0.25) is 0 Å². The van der Waals surface area contributed by atoms with Crippen LogP contribution in [-0.4, -0.2) is 47.7 Å². The van der Waals surface area contributed by atoms with E-state index in [1.54, 1.807) is 33.5 Å². The van der Waals surface area contributed by atoms with Crippen LogP contribution in [0.4, 0.5) is 22.2 Å². The lowest BCUT2D eigenvalue weighted by molar-refractivity contribution is 0.243. The third kappa shape index (κ3) is 3.13. The third-order valence-corrected chi connectivity index (χ3v) is 6.09. The summed E-state index contributed by atoms with van der Waals surface area (Å²) in [6, 6.07) is 5.35. The van der Waals surface area contributed by atoms with Crippen molar-refractivity contribution in [1.82, 2.24) is 39.9 Å². The molecule has 11 heteroatoms. The Bertz CT molecular complexity index is 1340. The number of urea groups is 1. The van der Waals surface area contributed by atoms with Crippen LogP contribution in [-0.2, 0) is 7.05 Å². The molecule has 5 heterocycles. The van der Waals surface area contributed by atoms with E-state index in [0.717, 1.165) is 34.7 Å². The monoisotopic (exact) mass is 430 g/mol. The van der Waals surface area contributed by atoms with Crippen LogP contribution < -0.4 is 15.5 Å². The van der Waals surface area contributed by atoms with Crippen LogP contribution in [0.3, 0.4) is 0 Å². The zero-order chi connectivity index (χ0) is 21.8. The van der Waals surface area contributed by atoms with Gasteiger partial charge in [-0.25, -0.2) is 19.3 Å². The number of anilines is 3. The molecule has 162 valence electrons. The van der Waals surface area contributed by atoms with Gasteiger partial charge in [0.15, 0.2) is 0 Å². The van der Waals surface area contributed by atoms with Gasteiger partial charge in [-0.1, -0.05) is 18.1 Å². The topological polar surface area (TPSA) is 118 Å². The van der Waals surface area contributed by atoms with E-state index in [1.165, 1.54) is 12.8 Å². The first kappa shape index (κ1) is 18.7. The first-order chi connectivity index (χ1) is 15.6. The average Bonchev–Trinajstić information content (AvgIpc) is 3.39. The summed E-state index contributed by atoms with van der Waals surface area (Å²) in [5.41, 5.74) is 3.92. The molecule has 1 aliphatic carbocycles. The second-order valence-corrected chi connectivity index (χ2v) is 8.35. The van der Waals surface area contributed by atoms with E-state index in [-0.39, 0.29) is 12.1 Å². The molecular formula is C21H22N10O. The SMILES string of the molecule is CN1C(=O)N[C@H](CC2CC2)c2nnn3cc(-c4ccnc(Nc5ccnn5C)n4)cc1c23. The van der Waals surface area contributed by atoms with Crippen LogP contribution in [0.1, 0.15) is 31.0 Å². The van der Waals surface area contributed by atoms with Crippen LogP contribution in [0, 0.1) is 5.92 Å². The predicted octanol–water partition coefficient (Wildman–Crippen LogP) is 2.66. The van der Waals surface area contributed by atoms with Crippen molar-refractivity contribution in [3.05, 3.63) is 42.5 Å². The van der Waals surface area contributed by atoms with Crippen LogP contribution >= 0.6 is 0 Å². The number of hydrogen-bond acceptors (Lipinski definition) is 7. The normalized spacial score (nSPS) is 18.0. The second-order valence-electron chi connectivity index (χ2n) is 8.35. The first-order valence-electron chi connectivity index (χ1n) is 10.6. The Morgan fingerprint density at radius 3 is 2.88 bits per heavy atom. The number of carbonyl (C=O) groups excluding carboxylic acids is 1. The lowest BCUT2D eigenvalue weighted by Crippen LogP contribution is -2.38. The van der Waals surface area contributed by atoms with Crippen molar-refractivity contribution in [1.29, 1.82) is 0 Å². The molecule has 0 saturated heterocycles. The largest absolute Gasteiger partial charge is 0.329 e. The maximum absolute atomic E-state index is 12.9. The molecular weight excluding hydrogens is 408 g/mol. The number of nitrogens with zero attached hydrogens (tertiary/aromatic N) is 8. The van der Waals surface area contributed by atoms with Gasteiger partial charge in [-0.05, 0) is 24.5 Å². The van der Waals surface area contributed by atoms with Gasteiger partial charge in [0.25, 0.3) is 0 Å². The summed E-state index contributed by atoms with van der Waals surface area (Å²) in [6.07, 6.45) is 8.60. The number of rotatable bonds is 5. The van der Waals surface area contributed by atoms with E-state index in [9.17, 15) is 4.79 Å². The van der Waals surface area contributed by atoms with E-state index in [1.807, 2.05) is 31.4 Å². The van der Waals surface area contributed by atoms with E-state index in [2.05, 4.69) is 36.0 Å². The minimum Gasteiger partial charge on any atom is -0.329 e. The van der Waals surface area contributed by atoms with Gasteiger partial charge in [0.1, 0.15) is 17.0 Å². The molecule has 11 nitrogen and oxygen atoms in total. The van der Waals surface area contributed by atoms with E-state index in [0.29, 0.717) is 17.6 Å². The standard InChI is InChI=1S/C21H22N10O/c1-29-16-10-13(14-5-7-22-20(24-14)26-17-6-8-23-30(17)2)11-31-19(16)18(27-28-31)15(25-21(29)32)9-12-3-4-12/h5-8,10-12,15H,3-4,9H2,1-2H3,(H,25,32)(H,22,24,26)/t15-/m1/s1. The van der Waals surface area contributed by atoms with Crippen LogP contribution in [0.5, 0.6) is 0 Å². The van der Waals surface area contributed by atoms with Crippen molar-refractivity contribution >= 4 is 29.0 Å². The molecule has 0 aromatic carbocycles. The van der Waals surface area contributed by atoms with Crippen LogP contribution in [0.25, 0.3) is 16.8 Å². The van der Waals surface area contributed by atoms with Gasteiger partial charge >= 0.3 is 6.03 Å². The van der Waals surface area contributed by atoms with Gasteiger partial charge in [0.2, 0.25) is 5.95 Å². The Morgan fingerprint density at radius 2 is 2.09 bits per heavy atom.